The number of unbranched alkanes of at least 4 members (excludes halogenated alkanes) is 18. The maximum Gasteiger partial charge on any atom is -0.00489 e. The summed E-state index contributed by atoms with van der Waals surface area (Å²) >= 11 is 0. The molecule has 39 heavy (non-hydrogen) atoms. The monoisotopic (exact) mass is 542 g/mol. The third-order valence-corrected chi connectivity index (χ3v) is 7.96. The predicted molar refractivity (Wildman–Crippen MR) is 180 cm³/mol. The van der Waals surface area contributed by atoms with Crippen LogP contribution in [0.4, 0.5) is 0 Å². The first-order valence-electron chi connectivity index (χ1n) is 17.6. The fourth-order valence-electron chi connectivity index (χ4n) is 5.22. The van der Waals surface area contributed by atoms with Crippen LogP contribution in [0.2, 0.25) is 0 Å². The molecule has 0 rings (SSSR count). The third-order valence-electron chi connectivity index (χ3n) is 7.96. The Hall–Kier alpha value is -1.08. The van der Waals surface area contributed by atoms with Crippen LogP contribution in [-0.4, -0.2) is 6.54 Å². The van der Waals surface area contributed by atoms with Crippen LogP contribution in [0, 0.1) is 5.92 Å². The van der Waals surface area contributed by atoms with Crippen molar-refractivity contribution in [2.75, 3.05) is 6.54 Å². The molecule has 2 N–H and O–H groups in total. The number of rotatable bonds is 31. The minimum atomic E-state index is 0.765. The van der Waals surface area contributed by atoms with Gasteiger partial charge in [0.2, 0.25) is 0 Å². The van der Waals surface area contributed by atoms with Gasteiger partial charge in [0, 0.05) is 0 Å². The molecule has 0 saturated carbocycles. The summed E-state index contributed by atoms with van der Waals surface area (Å²) in [5.41, 5.74) is 6.08. The molecule has 0 aromatic carbocycles. The van der Waals surface area contributed by atoms with Gasteiger partial charge in [0.25, 0.3) is 0 Å². The molecule has 0 aliphatic rings. The van der Waals surface area contributed by atoms with Crippen molar-refractivity contribution < 1.29 is 0 Å². The largest absolute Gasteiger partial charge is 0.330 e. The van der Waals surface area contributed by atoms with E-state index in [0.717, 1.165) is 25.3 Å². The van der Waals surface area contributed by atoms with Crippen LogP contribution in [0.25, 0.3) is 0 Å². The molecule has 0 aliphatic heterocycles. The lowest BCUT2D eigenvalue weighted by Gasteiger charge is -2.14. The van der Waals surface area contributed by atoms with Crippen molar-refractivity contribution in [3.8, 4) is 0 Å². The summed E-state index contributed by atoms with van der Waals surface area (Å²) in [6.07, 6.45) is 53.6. The summed E-state index contributed by atoms with van der Waals surface area (Å²) in [6, 6.07) is 0. The highest BCUT2D eigenvalue weighted by Gasteiger charge is 2.06. The third kappa shape index (κ3) is 33.0. The van der Waals surface area contributed by atoms with E-state index in [9.17, 15) is 0 Å². The summed E-state index contributed by atoms with van der Waals surface area (Å²) in [5, 5.41) is 0. The van der Waals surface area contributed by atoms with Crippen molar-refractivity contribution in [3.63, 3.8) is 0 Å². The summed E-state index contributed by atoms with van der Waals surface area (Å²) in [6.45, 7) is 5.43. The molecule has 0 heterocycles. The molecule has 0 amide bonds. The molecule has 0 fully saturated rings. The Kier molecular flexibility index (Phi) is 34.0. The minimum Gasteiger partial charge on any atom is -0.330 e. The van der Waals surface area contributed by atoms with Gasteiger partial charge in [-0.15, -0.1) is 0 Å². The normalized spacial score (nSPS) is 13.2. The molecule has 0 aliphatic carbocycles. The van der Waals surface area contributed by atoms with E-state index >= 15 is 0 Å². The smallest absolute Gasteiger partial charge is 0.00489 e. The van der Waals surface area contributed by atoms with E-state index < -0.39 is 0 Å². The Labute approximate surface area is 247 Å². The van der Waals surface area contributed by atoms with Crippen molar-refractivity contribution >= 4 is 0 Å². The van der Waals surface area contributed by atoms with Gasteiger partial charge in [0.05, 0.1) is 0 Å². The molecule has 0 atom stereocenters. The van der Waals surface area contributed by atoms with Crippen molar-refractivity contribution in [1.29, 1.82) is 0 Å². The predicted octanol–water partition coefficient (Wildman–Crippen LogP) is 13.0. The number of hydrogen-bond donors (Lipinski definition) is 1. The van der Waals surface area contributed by atoms with E-state index in [0.29, 0.717) is 0 Å². The number of nitrogens with two attached hydrogens (primary N) is 1. The van der Waals surface area contributed by atoms with Crippen LogP contribution in [-0.2, 0) is 0 Å². The Morgan fingerprint density at radius 1 is 0.385 bits per heavy atom. The van der Waals surface area contributed by atoms with Gasteiger partial charge in [-0.05, 0) is 89.5 Å². The Bertz CT molecular complexity index is 507. The van der Waals surface area contributed by atoms with Crippen LogP contribution in [0.1, 0.15) is 181 Å². The Balaban J connectivity index is 3.41. The minimum absolute atomic E-state index is 0.765. The van der Waals surface area contributed by atoms with E-state index in [-0.39, 0.29) is 0 Å². The van der Waals surface area contributed by atoms with Gasteiger partial charge in [0.15, 0.2) is 0 Å². The average Bonchev–Trinajstić information content (AvgIpc) is 2.95. The maximum absolute atomic E-state index is 6.08. The average molecular weight is 542 g/mol. The maximum atomic E-state index is 6.08. The first kappa shape index (κ1) is 37.9. The molecule has 0 radical (unpaired) electrons. The SMILES string of the molecule is CCCCCC=CCC=CCCCCCCCCC(CN)CCCCCCCCC=CCC=CCCCCC. The molecule has 0 unspecified atom stereocenters. The van der Waals surface area contributed by atoms with Gasteiger partial charge < -0.3 is 5.73 Å². The highest BCUT2D eigenvalue weighted by molar-refractivity contribution is 4.93. The topological polar surface area (TPSA) is 26.0 Å². The van der Waals surface area contributed by atoms with Gasteiger partial charge in [-0.2, -0.15) is 0 Å². The van der Waals surface area contributed by atoms with E-state index in [1.807, 2.05) is 0 Å². The molecular weight excluding hydrogens is 470 g/mol. The lowest BCUT2D eigenvalue weighted by Crippen LogP contribution is -2.14. The van der Waals surface area contributed by atoms with Crippen molar-refractivity contribution in [2.24, 2.45) is 11.7 Å². The molecule has 0 aromatic rings. The highest BCUT2D eigenvalue weighted by Crippen LogP contribution is 2.19. The standard InChI is InChI=1S/C38H71N/c1-3-5-7-9-11-13-15-17-19-21-23-25-27-29-31-33-35-38(37-39)36-34-32-30-28-26-24-22-20-18-16-14-12-10-8-6-4-2/h11-14,17-20,38H,3-10,15-16,21-37,39H2,1-2H3. The van der Waals surface area contributed by atoms with Crippen LogP contribution < -0.4 is 5.73 Å². The zero-order valence-electron chi connectivity index (χ0n) is 26.9. The fourth-order valence-corrected chi connectivity index (χ4v) is 5.22. The molecule has 0 spiro atoms. The lowest BCUT2D eigenvalue weighted by atomic mass is 9.94. The number of allylic oxidation sites excluding steroid dienone is 8. The van der Waals surface area contributed by atoms with E-state index in [1.165, 1.54) is 154 Å². The van der Waals surface area contributed by atoms with Crippen LogP contribution >= 0.6 is 0 Å². The first-order chi connectivity index (χ1) is 19.3. The second kappa shape index (κ2) is 34.9. The van der Waals surface area contributed by atoms with Gasteiger partial charge in [0.1, 0.15) is 0 Å². The molecule has 0 aromatic heterocycles. The van der Waals surface area contributed by atoms with E-state index in [1.54, 1.807) is 0 Å². The second-order valence-electron chi connectivity index (χ2n) is 11.8. The van der Waals surface area contributed by atoms with Gasteiger partial charge >= 0.3 is 0 Å². The van der Waals surface area contributed by atoms with Crippen molar-refractivity contribution in [3.05, 3.63) is 48.6 Å². The Morgan fingerprint density at radius 3 is 1.03 bits per heavy atom. The zero-order valence-corrected chi connectivity index (χ0v) is 26.9. The quantitative estimate of drug-likeness (QED) is 0.0685. The van der Waals surface area contributed by atoms with Crippen LogP contribution in [0.3, 0.4) is 0 Å². The highest BCUT2D eigenvalue weighted by atomic mass is 14.5. The van der Waals surface area contributed by atoms with Gasteiger partial charge in [-0.25, -0.2) is 0 Å². The summed E-state index contributed by atoms with van der Waals surface area (Å²) < 4.78 is 0. The van der Waals surface area contributed by atoms with Crippen molar-refractivity contribution in [2.45, 2.75) is 181 Å². The first-order valence-corrected chi connectivity index (χ1v) is 17.6. The van der Waals surface area contributed by atoms with E-state index in [2.05, 4.69) is 62.5 Å². The van der Waals surface area contributed by atoms with Crippen LogP contribution in [0.5, 0.6) is 0 Å². The molecule has 228 valence electrons. The summed E-state index contributed by atoms with van der Waals surface area (Å²) in [5.74, 6) is 0.765. The van der Waals surface area contributed by atoms with Gasteiger partial charge in [-0.1, -0.05) is 152 Å². The molecule has 1 heteroatoms. The lowest BCUT2D eigenvalue weighted by molar-refractivity contribution is 0.410. The summed E-state index contributed by atoms with van der Waals surface area (Å²) in [4.78, 5) is 0. The van der Waals surface area contributed by atoms with Crippen molar-refractivity contribution in [1.82, 2.24) is 0 Å². The zero-order chi connectivity index (χ0) is 28.3. The van der Waals surface area contributed by atoms with Crippen LogP contribution in [0.15, 0.2) is 48.6 Å². The second-order valence-corrected chi connectivity index (χ2v) is 11.8. The fraction of sp³-hybridized carbons (Fsp3) is 0.789. The molecule has 1 nitrogen and oxygen atoms in total. The summed E-state index contributed by atoms with van der Waals surface area (Å²) in [7, 11) is 0. The van der Waals surface area contributed by atoms with E-state index in [4.69, 9.17) is 5.73 Å². The molecule has 0 bridgehead atoms. The number of hydrogen-bond acceptors (Lipinski definition) is 1. The molecular formula is C38H71N. The van der Waals surface area contributed by atoms with Gasteiger partial charge in [-0.3, -0.25) is 0 Å². The Morgan fingerprint density at radius 2 is 0.692 bits per heavy atom. The molecule has 0 saturated heterocycles.